The van der Waals surface area contributed by atoms with Crippen molar-refractivity contribution >= 4 is 37.7 Å². The third-order valence-corrected chi connectivity index (χ3v) is 5.77. The van der Waals surface area contributed by atoms with Gasteiger partial charge in [0, 0.05) is 11.1 Å². The fraction of sp³-hybridized carbons (Fsp3) is 0.250. The van der Waals surface area contributed by atoms with Crippen LogP contribution in [0.25, 0.3) is 21.5 Å². The Balaban J connectivity index is 2.33. The summed E-state index contributed by atoms with van der Waals surface area (Å²) in [5, 5.41) is 4.98. The molecule has 0 atom stereocenters. The molecule has 0 aliphatic carbocycles. The second-order valence-corrected chi connectivity index (χ2v) is 18.4. The molecule has 0 N–H and O–H groups in total. The Morgan fingerprint density at radius 2 is 1.19 bits per heavy atom. The normalized spacial score (nSPS) is 11.6. The van der Waals surface area contributed by atoms with E-state index in [0.29, 0.717) is 0 Å². The Kier molecular flexibility index (Phi) is 4.85. The van der Waals surface area contributed by atoms with Gasteiger partial charge in [0.05, 0.1) is 0 Å². The molecule has 0 spiro atoms. The summed E-state index contributed by atoms with van der Waals surface area (Å²) >= 11 is 0. The summed E-state index contributed by atoms with van der Waals surface area (Å²) in [7, 11) is -2.90. The average molecular weight is 371 g/mol. The zero-order chi connectivity index (χ0) is 18.9. The third-order valence-electron chi connectivity index (χ3n) is 4.02. The lowest BCUT2D eigenvalue weighted by atomic mass is 9.96. The standard InChI is InChI=1S/C24H26Si2/c1-25(2,3)15-13-19-11-12-22-17-20-9-7-8-10-21(20)18-24(22)23(19)14-16-26(4,5)6/h7-12,17-18H,1-6H3. The van der Waals surface area contributed by atoms with Crippen molar-refractivity contribution in [2.75, 3.05) is 0 Å². The van der Waals surface area contributed by atoms with Gasteiger partial charge in [-0.25, -0.2) is 0 Å². The fourth-order valence-corrected chi connectivity index (χ4v) is 3.77. The van der Waals surface area contributed by atoms with Crippen LogP contribution in [0.15, 0.2) is 48.5 Å². The minimum Gasteiger partial charge on any atom is -0.127 e. The van der Waals surface area contributed by atoms with Gasteiger partial charge < -0.3 is 0 Å². The second kappa shape index (κ2) is 6.80. The van der Waals surface area contributed by atoms with Crippen molar-refractivity contribution in [1.29, 1.82) is 0 Å². The maximum atomic E-state index is 3.55. The number of rotatable bonds is 0. The highest BCUT2D eigenvalue weighted by atomic mass is 28.3. The van der Waals surface area contributed by atoms with E-state index in [-0.39, 0.29) is 0 Å². The van der Waals surface area contributed by atoms with E-state index >= 15 is 0 Å². The third kappa shape index (κ3) is 4.47. The van der Waals surface area contributed by atoms with Crippen LogP contribution in [0.3, 0.4) is 0 Å². The summed E-state index contributed by atoms with van der Waals surface area (Å²) in [6.45, 7) is 13.7. The summed E-state index contributed by atoms with van der Waals surface area (Å²) in [6.07, 6.45) is 0. The molecule has 0 saturated carbocycles. The van der Waals surface area contributed by atoms with Gasteiger partial charge in [-0.1, -0.05) is 81.5 Å². The Bertz CT molecular complexity index is 1100. The van der Waals surface area contributed by atoms with Gasteiger partial charge in [-0.05, 0) is 39.7 Å². The van der Waals surface area contributed by atoms with Crippen molar-refractivity contribution in [1.82, 2.24) is 0 Å². The number of hydrogen-bond acceptors (Lipinski definition) is 0. The lowest BCUT2D eigenvalue weighted by Crippen LogP contribution is -2.17. The molecule has 0 fully saturated rings. The molecule has 3 aromatic carbocycles. The quantitative estimate of drug-likeness (QED) is 0.242. The van der Waals surface area contributed by atoms with Crippen molar-refractivity contribution in [2.24, 2.45) is 0 Å². The summed E-state index contributed by atoms with van der Waals surface area (Å²) in [4.78, 5) is 0. The van der Waals surface area contributed by atoms with Crippen molar-refractivity contribution in [3.8, 4) is 22.9 Å². The molecule has 3 aromatic rings. The van der Waals surface area contributed by atoms with Gasteiger partial charge >= 0.3 is 0 Å². The van der Waals surface area contributed by atoms with E-state index in [1.807, 2.05) is 0 Å². The van der Waals surface area contributed by atoms with E-state index in [9.17, 15) is 0 Å². The topological polar surface area (TPSA) is 0 Å². The molecule has 0 amide bonds. The molecule has 0 aliphatic heterocycles. The van der Waals surface area contributed by atoms with Crippen LogP contribution in [0.2, 0.25) is 39.3 Å². The zero-order valence-electron chi connectivity index (χ0n) is 16.6. The minimum atomic E-state index is -1.46. The molecule has 0 radical (unpaired) electrons. The number of hydrogen-bond donors (Lipinski definition) is 0. The highest BCUT2D eigenvalue weighted by Crippen LogP contribution is 2.27. The predicted molar refractivity (Wildman–Crippen MR) is 122 cm³/mol. The van der Waals surface area contributed by atoms with E-state index in [1.54, 1.807) is 0 Å². The summed E-state index contributed by atoms with van der Waals surface area (Å²) in [5.41, 5.74) is 9.23. The summed E-state index contributed by atoms with van der Waals surface area (Å²) in [5.74, 6) is 6.98. The first-order valence-corrected chi connectivity index (χ1v) is 16.1. The second-order valence-electron chi connectivity index (χ2n) is 8.91. The Hall–Kier alpha value is -2.27. The van der Waals surface area contributed by atoms with Gasteiger partial charge in [0.1, 0.15) is 16.1 Å². The van der Waals surface area contributed by atoms with Gasteiger partial charge in [-0.15, -0.1) is 11.1 Å². The molecule has 130 valence electrons. The van der Waals surface area contributed by atoms with Crippen LogP contribution in [-0.4, -0.2) is 16.1 Å². The van der Waals surface area contributed by atoms with Crippen molar-refractivity contribution < 1.29 is 0 Å². The molecule has 0 aliphatic rings. The number of benzene rings is 3. The van der Waals surface area contributed by atoms with E-state index < -0.39 is 16.1 Å². The Morgan fingerprint density at radius 3 is 1.81 bits per heavy atom. The first kappa shape index (κ1) is 18.5. The van der Waals surface area contributed by atoms with E-state index in [2.05, 4.69) is 111 Å². The summed E-state index contributed by atoms with van der Waals surface area (Å²) in [6, 6.07) is 17.4. The molecular formula is C24H26Si2. The first-order valence-electron chi connectivity index (χ1n) is 9.14. The Labute approximate surface area is 159 Å². The van der Waals surface area contributed by atoms with Gasteiger partial charge in [0.25, 0.3) is 0 Å². The van der Waals surface area contributed by atoms with E-state index in [4.69, 9.17) is 0 Å². The van der Waals surface area contributed by atoms with Gasteiger partial charge in [-0.2, -0.15) is 0 Å². The maximum absolute atomic E-state index is 3.55. The van der Waals surface area contributed by atoms with Gasteiger partial charge in [-0.3, -0.25) is 0 Å². The van der Waals surface area contributed by atoms with Crippen LogP contribution in [0.5, 0.6) is 0 Å². The van der Waals surface area contributed by atoms with Gasteiger partial charge in [0.15, 0.2) is 0 Å². The molecule has 3 rings (SSSR count). The molecule has 2 heteroatoms. The molecule has 0 nitrogen and oxygen atoms in total. The SMILES string of the molecule is C[Si](C)(C)C#Cc1ccc2cc3ccccc3cc2c1C#C[Si](C)(C)C. The maximum Gasteiger partial charge on any atom is 0.129 e. The highest BCUT2D eigenvalue weighted by molar-refractivity contribution is 6.84. The predicted octanol–water partition coefficient (Wildman–Crippen LogP) is 6.45. The Morgan fingerprint density at radius 1 is 0.615 bits per heavy atom. The largest absolute Gasteiger partial charge is 0.129 e. The van der Waals surface area contributed by atoms with Gasteiger partial charge in [0.2, 0.25) is 0 Å². The minimum absolute atomic E-state index is 1.07. The fourth-order valence-electron chi connectivity index (χ4n) is 2.76. The lowest BCUT2D eigenvalue weighted by molar-refractivity contribution is 1.65. The monoisotopic (exact) mass is 370 g/mol. The molecule has 0 unspecified atom stereocenters. The van der Waals surface area contributed by atoms with Crippen LogP contribution in [0.1, 0.15) is 11.1 Å². The van der Waals surface area contributed by atoms with Crippen molar-refractivity contribution in [2.45, 2.75) is 39.3 Å². The van der Waals surface area contributed by atoms with Crippen LogP contribution in [0.4, 0.5) is 0 Å². The van der Waals surface area contributed by atoms with Crippen molar-refractivity contribution in [3.05, 3.63) is 59.7 Å². The lowest BCUT2D eigenvalue weighted by Gasteiger charge is -2.09. The smallest absolute Gasteiger partial charge is 0.127 e. The molecule has 0 aromatic heterocycles. The van der Waals surface area contributed by atoms with E-state index in [1.165, 1.54) is 21.5 Å². The molecular weight excluding hydrogens is 344 g/mol. The van der Waals surface area contributed by atoms with Crippen molar-refractivity contribution in [3.63, 3.8) is 0 Å². The average Bonchev–Trinajstić information content (AvgIpc) is 2.55. The zero-order valence-corrected chi connectivity index (χ0v) is 18.6. The molecule has 26 heavy (non-hydrogen) atoms. The first-order chi connectivity index (χ1) is 12.1. The van der Waals surface area contributed by atoms with Crippen LogP contribution < -0.4 is 0 Å². The molecule has 0 saturated heterocycles. The molecule has 0 heterocycles. The summed E-state index contributed by atoms with van der Waals surface area (Å²) < 4.78 is 0. The van der Waals surface area contributed by atoms with E-state index in [0.717, 1.165) is 11.1 Å². The number of fused-ring (bicyclic) bond motifs is 2. The molecule has 0 bridgehead atoms. The van der Waals surface area contributed by atoms with Crippen LogP contribution in [-0.2, 0) is 0 Å². The highest BCUT2D eigenvalue weighted by Gasteiger charge is 2.12. The van der Waals surface area contributed by atoms with Crippen LogP contribution >= 0.6 is 0 Å². The van der Waals surface area contributed by atoms with Crippen LogP contribution in [0, 0.1) is 22.9 Å².